The number of likely N-dealkylation sites (tertiary alicyclic amines) is 1. The van der Waals surface area contributed by atoms with Crippen LogP contribution in [0.3, 0.4) is 0 Å². The van der Waals surface area contributed by atoms with Gasteiger partial charge in [-0.3, -0.25) is 0 Å². The third-order valence-corrected chi connectivity index (χ3v) is 5.23. The van der Waals surface area contributed by atoms with Crippen LogP contribution in [0.2, 0.25) is 0 Å². The summed E-state index contributed by atoms with van der Waals surface area (Å²) in [7, 11) is 2.00. The lowest BCUT2D eigenvalue weighted by molar-refractivity contribution is -0.274. The zero-order chi connectivity index (χ0) is 19.0. The maximum Gasteiger partial charge on any atom is 0.573 e. The molecular weight excluding hydrogens is 343 g/mol. The van der Waals surface area contributed by atoms with Crippen LogP contribution in [0.25, 0.3) is 0 Å². The molecule has 0 bridgehead atoms. The standard InChI is InChI=1S/C20H22F3NO2/c1-18(12-13-24(2)14-18)19(25,15-6-4-3-5-7-15)16-8-10-17(11-9-16)26-20(21,22)23/h3-11,25H,12-14H2,1-2H3. The highest BCUT2D eigenvalue weighted by molar-refractivity contribution is 5.41. The van der Waals surface area contributed by atoms with Gasteiger partial charge >= 0.3 is 6.36 Å². The SMILES string of the molecule is CN1CCC(C)(C(O)(c2ccccc2)c2ccc(OC(F)(F)F)cc2)C1. The lowest BCUT2D eigenvalue weighted by atomic mass is 9.65. The molecule has 26 heavy (non-hydrogen) atoms. The van der Waals surface area contributed by atoms with E-state index in [2.05, 4.69) is 9.64 Å². The van der Waals surface area contributed by atoms with Crippen LogP contribution < -0.4 is 4.74 Å². The first-order valence-electron chi connectivity index (χ1n) is 8.47. The smallest absolute Gasteiger partial charge is 0.406 e. The molecule has 3 nitrogen and oxygen atoms in total. The Balaban J connectivity index is 2.05. The summed E-state index contributed by atoms with van der Waals surface area (Å²) in [5.41, 5.74) is -0.524. The van der Waals surface area contributed by atoms with Gasteiger partial charge in [-0.05, 0) is 43.3 Å². The molecule has 1 aliphatic rings. The lowest BCUT2D eigenvalue weighted by Gasteiger charge is -2.43. The van der Waals surface area contributed by atoms with E-state index in [9.17, 15) is 18.3 Å². The topological polar surface area (TPSA) is 32.7 Å². The molecule has 0 aromatic heterocycles. The summed E-state index contributed by atoms with van der Waals surface area (Å²) in [6, 6.07) is 14.8. The molecule has 3 rings (SSSR count). The Kier molecular flexibility index (Phi) is 4.75. The minimum absolute atomic E-state index is 0.301. The van der Waals surface area contributed by atoms with Crippen LogP contribution in [-0.4, -0.2) is 36.5 Å². The fourth-order valence-electron chi connectivity index (χ4n) is 3.93. The Morgan fingerprint density at radius 2 is 1.58 bits per heavy atom. The number of hydrogen-bond acceptors (Lipinski definition) is 3. The van der Waals surface area contributed by atoms with Crippen LogP contribution in [0.1, 0.15) is 24.5 Å². The third kappa shape index (κ3) is 3.44. The van der Waals surface area contributed by atoms with E-state index in [4.69, 9.17) is 0 Å². The summed E-state index contributed by atoms with van der Waals surface area (Å²) in [5.74, 6) is -0.301. The van der Waals surface area contributed by atoms with Gasteiger partial charge in [-0.25, -0.2) is 0 Å². The van der Waals surface area contributed by atoms with E-state index in [1.165, 1.54) is 24.3 Å². The second-order valence-corrected chi connectivity index (χ2v) is 7.20. The summed E-state index contributed by atoms with van der Waals surface area (Å²) in [6.07, 6.45) is -3.97. The largest absolute Gasteiger partial charge is 0.573 e. The molecule has 2 unspecified atom stereocenters. The van der Waals surface area contributed by atoms with Crippen molar-refractivity contribution in [3.05, 3.63) is 65.7 Å². The number of nitrogens with zero attached hydrogens (tertiary/aromatic N) is 1. The van der Waals surface area contributed by atoms with Gasteiger partial charge in [-0.15, -0.1) is 13.2 Å². The molecule has 2 atom stereocenters. The Labute approximate surface area is 151 Å². The van der Waals surface area contributed by atoms with Crippen LogP contribution in [0.4, 0.5) is 13.2 Å². The number of hydrogen-bond donors (Lipinski definition) is 1. The van der Waals surface area contributed by atoms with Gasteiger partial charge in [-0.1, -0.05) is 49.4 Å². The van der Waals surface area contributed by atoms with Crippen LogP contribution in [0.15, 0.2) is 54.6 Å². The van der Waals surface area contributed by atoms with E-state index in [-0.39, 0.29) is 5.75 Å². The zero-order valence-corrected chi connectivity index (χ0v) is 14.8. The van der Waals surface area contributed by atoms with Crippen molar-refractivity contribution in [2.75, 3.05) is 20.1 Å². The molecule has 0 amide bonds. The average molecular weight is 365 g/mol. The summed E-state index contributed by atoms with van der Waals surface area (Å²) in [4.78, 5) is 2.15. The van der Waals surface area contributed by atoms with Gasteiger partial charge in [0.05, 0.1) is 0 Å². The summed E-state index contributed by atoms with van der Waals surface area (Å²) in [6.45, 7) is 3.55. The number of benzene rings is 2. The lowest BCUT2D eigenvalue weighted by Crippen LogP contribution is -2.46. The molecule has 1 heterocycles. The van der Waals surface area contributed by atoms with Crippen molar-refractivity contribution in [2.45, 2.75) is 25.3 Å². The number of ether oxygens (including phenoxy) is 1. The molecular formula is C20H22F3NO2. The van der Waals surface area contributed by atoms with Gasteiger partial charge < -0.3 is 14.7 Å². The molecule has 1 aliphatic heterocycles. The Morgan fingerprint density at radius 1 is 1.00 bits per heavy atom. The predicted octanol–water partition coefficient (Wildman–Crippen LogP) is 4.16. The minimum atomic E-state index is -4.74. The Morgan fingerprint density at radius 3 is 2.08 bits per heavy atom. The minimum Gasteiger partial charge on any atom is -0.406 e. The molecule has 1 saturated heterocycles. The molecule has 0 saturated carbocycles. The highest BCUT2D eigenvalue weighted by Gasteiger charge is 2.52. The van der Waals surface area contributed by atoms with Crippen molar-refractivity contribution in [2.24, 2.45) is 5.41 Å². The fourth-order valence-corrected chi connectivity index (χ4v) is 3.93. The molecule has 1 N–H and O–H groups in total. The second kappa shape index (κ2) is 6.59. The summed E-state index contributed by atoms with van der Waals surface area (Å²) >= 11 is 0. The predicted molar refractivity (Wildman–Crippen MR) is 92.8 cm³/mol. The first-order valence-corrected chi connectivity index (χ1v) is 8.47. The Hall–Kier alpha value is -2.05. The normalized spacial score (nSPS) is 23.6. The number of alkyl halides is 3. The summed E-state index contributed by atoms with van der Waals surface area (Å²) in [5, 5.41) is 11.9. The molecule has 0 aliphatic carbocycles. The van der Waals surface area contributed by atoms with Crippen LogP contribution in [0, 0.1) is 5.41 Å². The highest BCUT2D eigenvalue weighted by Crippen LogP contribution is 2.50. The van der Waals surface area contributed by atoms with E-state index in [1.54, 1.807) is 0 Å². The zero-order valence-electron chi connectivity index (χ0n) is 14.8. The average Bonchev–Trinajstić information content (AvgIpc) is 2.95. The van der Waals surface area contributed by atoms with Gasteiger partial charge in [0.2, 0.25) is 0 Å². The van der Waals surface area contributed by atoms with Gasteiger partial charge in [-0.2, -0.15) is 0 Å². The van der Waals surface area contributed by atoms with Crippen molar-refractivity contribution in [1.82, 2.24) is 4.90 Å². The van der Waals surface area contributed by atoms with Gasteiger partial charge in [0.1, 0.15) is 11.4 Å². The summed E-state index contributed by atoms with van der Waals surface area (Å²) < 4.78 is 41.2. The first-order chi connectivity index (χ1) is 12.1. The van der Waals surface area contributed by atoms with E-state index < -0.39 is 17.4 Å². The molecule has 140 valence electrons. The van der Waals surface area contributed by atoms with E-state index in [0.717, 1.165) is 18.5 Å². The quantitative estimate of drug-likeness (QED) is 0.883. The Bertz CT molecular complexity index is 748. The van der Waals surface area contributed by atoms with Crippen molar-refractivity contribution in [1.29, 1.82) is 0 Å². The molecule has 1 fully saturated rings. The molecule has 2 aromatic carbocycles. The number of aliphatic hydroxyl groups is 1. The van der Waals surface area contributed by atoms with Gasteiger partial charge in [0, 0.05) is 12.0 Å². The van der Waals surface area contributed by atoms with Crippen LogP contribution >= 0.6 is 0 Å². The monoisotopic (exact) mass is 365 g/mol. The van der Waals surface area contributed by atoms with E-state index in [0.29, 0.717) is 12.1 Å². The third-order valence-electron chi connectivity index (χ3n) is 5.23. The van der Waals surface area contributed by atoms with Gasteiger partial charge in [0.15, 0.2) is 0 Å². The van der Waals surface area contributed by atoms with E-state index in [1.807, 2.05) is 44.3 Å². The number of halogens is 3. The first kappa shape index (κ1) is 18.7. The van der Waals surface area contributed by atoms with Crippen LogP contribution in [-0.2, 0) is 5.60 Å². The highest BCUT2D eigenvalue weighted by atomic mass is 19.4. The maximum atomic E-state index is 12.4. The second-order valence-electron chi connectivity index (χ2n) is 7.20. The molecule has 0 radical (unpaired) electrons. The molecule has 2 aromatic rings. The molecule has 0 spiro atoms. The number of rotatable bonds is 4. The molecule has 6 heteroatoms. The van der Waals surface area contributed by atoms with Crippen molar-refractivity contribution in [3.8, 4) is 5.75 Å². The van der Waals surface area contributed by atoms with Crippen molar-refractivity contribution < 1.29 is 23.0 Å². The maximum absolute atomic E-state index is 12.4. The van der Waals surface area contributed by atoms with Crippen LogP contribution in [0.5, 0.6) is 5.75 Å². The van der Waals surface area contributed by atoms with E-state index >= 15 is 0 Å². The van der Waals surface area contributed by atoms with Gasteiger partial charge in [0.25, 0.3) is 0 Å². The van der Waals surface area contributed by atoms with Crippen molar-refractivity contribution in [3.63, 3.8) is 0 Å². The van der Waals surface area contributed by atoms with Crippen molar-refractivity contribution >= 4 is 0 Å². The fraction of sp³-hybridized carbons (Fsp3) is 0.400.